The van der Waals surface area contributed by atoms with Gasteiger partial charge in [0.2, 0.25) is 0 Å². The SMILES string of the molecule is COCC(O)CN(C)C(=O)Nc1ccc(C(=O)O)cc1Br. The Morgan fingerprint density at radius 3 is 2.67 bits per heavy atom. The van der Waals surface area contributed by atoms with Crippen molar-refractivity contribution in [2.45, 2.75) is 6.10 Å². The quantitative estimate of drug-likeness (QED) is 0.715. The van der Waals surface area contributed by atoms with Crippen LogP contribution in [0.3, 0.4) is 0 Å². The fourth-order valence-electron chi connectivity index (χ4n) is 1.60. The summed E-state index contributed by atoms with van der Waals surface area (Å²) in [5.74, 6) is -1.05. The van der Waals surface area contributed by atoms with Crippen LogP contribution in [0, 0.1) is 0 Å². The Kier molecular flexibility index (Phi) is 6.60. The molecule has 0 bridgehead atoms. The van der Waals surface area contributed by atoms with Gasteiger partial charge in [0, 0.05) is 18.6 Å². The zero-order valence-electron chi connectivity index (χ0n) is 11.7. The summed E-state index contributed by atoms with van der Waals surface area (Å²) in [6.45, 7) is 0.249. The first-order chi connectivity index (χ1) is 9.85. The monoisotopic (exact) mass is 360 g/mol. The number of hydrogen-bond acceptors (Lipinski definition) is 4. The molecule has 3 N–H and O–H groups in total. The Hall–Kier alpha value is -1.64. The third-order valence-corrected chi connectivity index (χ3v) is 3.30. The second kappa shape index (κ2) is 7.96. The van der Waals surface area contributed by atoms with Gasteiger partial charge in [-0.3, -0.25) is 0 Å². The van der Waals surface area contributed by atoms with Gasteiger partial charge in [-0.2, -0.15) is 0 Å². The number of anilines is 1. The van der Waals surface area contributed by atoms with Crippen molar-refractivity contribution in [1.82, 2.24) is 4.90 Å². The fourth-order valence-corrected chi connectivity index (χ4v) is 2.08. The minimum absolute atomic E-state index is 0.115. The average molecular weight is 361 g/mol. The van der Waals surface area contributed by atoms with Crippen LogP contribution < -0.4 is 5.32 Å². The molecule has 0 aliphatic carbocycles. The van der Waals surface area contributed by atoms with Gasteiger partial charge >= 0.3 is 12.0 Å². The second-order valence-corrected chi connectivity index (χ2v) is 5.27. The van der Waals surface area contributed by atoms with Crippen molar-refractivity contribution in [1.29, 1.82) is 0 Å². The van der Waals surface area contributed by atoms with Crippen LogP contribution in [0.2, 0.25) is 0 Å². The molecular formula is C13H17BrN2O5. The number of carboxylic acids is 1. The molecule has 8 heteroatoms. The van der Waals surface area contributed by atoms with Crippen molar-refractivity contribution >= 4 is 33.6 Å². The number of urea groups is 1. The number of ether oxygens (including phenoxy) is 1. The van der Waals surface area contributed by atoms with E-state index in [9.17, 15) is 14.7 Å². The number of nitrogens with one attached hydrogen (secondary N) is 1. The van der Waals surface area contributed by atoms with E-state index in [1.807, 2.05) is 0 Å². The summed E-state index contributed by atoms with van der Waals surface area (Å²) in [7, 11) is 3.00. The summed E-state index contributed by atoms with van der Waals surface area (Å²) in [6, 6.07) is 3.86. The zero-order chi connectivity index (χ0) is 16.0. The number of aliphatic hydroxyl groups is 1. The van der Waals surface area contributed by atoms with Gasteiger partial charge in [-0.15, -0.1) is 0 Å². The maximum Gasteiger partial charge on any atom is 0.335 e. The molecule has 0 aliphatic rings. The Balaban J connectivity index is 2.68. The normalized spacial score (nSPS) is 11.8. The number of likely N-dealkylation sites (N-methyl/N-ethyl adjacent to an activating group) is 1. The summed E-state index contributed by atoms with van der Waals surface area (Å²) < 4.78 is 5.25. The van der Waals surface area contributed by atoms with Crippen LogP contribution >= 0.6 is 15.9 Å². The van der Waals surface area contributed by atoms with Gasteiger partial charge in [0.15, 0.2) is 0 Å². The molecule has 0 aromatic heterocycles. The van der Waals surface area contributed by atoms with Crippen LogP contribution in [0.1, 0.15) is 10.4 Å². The predicted molar refractivity (Wildman–Crippen MR) is 80.6 cm³/mol. The molecular weight excluding hydrogens is 344 g/mol. The van der Waals surface area contributed by atoms with Gasteiger partial charge in [-0.05, 0) is 34.1 Å². The van der Waals surface area contributed by atoms with Crippen LogP contribution in [0.25, 0.3) is 0 Å². The molecule has 7 nitrogen and oxygen atoms in total. The maximum absolute atomic E-state index is 11.9. The number of benzene rings is 1. The summed E-state index contributed by atoms with van der Waals surface area (Å²) >= 11 is 3.20. The largest absolute Gasteiger partial charge is 0.478 e. The van der Waals surface area contributed by atoms with E-state index in [4.69, 9.17) is 9.84 Å². The number of carbonyl (C=O) groups excluding carboxylic acids is 1. The number of halogens is 1. The first-order valence-corrected chi connectivity index (χ1v) is 6.86. The van der Waals surface area contributed by atoms with Crippen molar-refractivity contribution in [3.05, 3.63) is 28.2 Å². The first kappa shape index (κ1) is 17.4. The molecule has 1 atom stereocenters. The molecule has 1 aromatic rings. The van der Waals surface area contributed by atoms with Crippen molar-refractivity contribution in [3.8, 4) is 0 Å². The second-order valence-electron chi connectivity index (χ2n) is 4.42. The maximum atomic E-state index is 11.9. The van der Waals surface area contributed by atoms with Crippen LogP contribution in [0.15, 0.2) is 22.7 Å². The fraction of sp³-hybridized carbons (Fsp3) is 0.385. The van der Waals surface area contributed by atoms with Crippen LogP contribution in [0.5, 0.6) is 0 Å². The number of hydrogen-bond donors (Lipinski definition) is 3. The number of aromatic carboxylic acids is 1. The number of amides is 2. The van der Waals surface area contributed by atoms with E-state index in [2.05, 4.69) is 21.2 Å². The molecule has 21 heavy (non-hydrogen) atoms. The van der Waals surface area contributed by atoms with E-state index in [0.717, 1.165) is 0 Å². The summed E-state index contributed by atoms with van der Waals surface area (Å²) in [4.78, 5) is 24.1. The lowest BCUT2D eigenvalue weighted by molar-refractivity contribution is 0.0501. The van der Waals surface area contributed by atoms with Gasteiger partial charge in [0.25, 0.3) is 0 Å². The molecule has 1 rings (SSSR count). The van der Waals surface area contributed by atoms with Crippen LogP contribution in [-0.2, 0) is 4.74 Å². The third-order valence-electron chi connectivity index (χ3n) is 2.65. The number of nitrogens with zero attached hydrogens (tertiary/aromatic N) is 1. The van der Waals surface area contributed by atoms with E-state index in [1.54, 1.807) is 0 Å². The van der Waals surface area contributed by atoms with Crippen LogP contribution in [0.4, 0.5) is 10.5 Å². The molecule has 0 heterocycles. The number of carboxylic acid groups (broad SMARTS) is 1. The first-order valence-electron chi connectivity index (χ1n) is 6.07. The predicted octanol–water partition coefficient (Wildman–Crippen LogP) is 1.62. The molecule has 1 unspecified atom stereocenters. The van der Waals surface area contributed by atoms with Crippen molar-refractivity contribution in [3.63, 3.8) is 0 Å². The lowest BCUT2D eigenvalue weighted by Crippen LogP contribution is -2.38. The van der Waals surface area contributed by atoms with Crippen molar-refractivity contribution in [2.24, 2.45) is 0 Å². The highest BCUT2D eigenvalue weighted by molar-refractivity contribution is 9.10. The summed E-state index contributed by atoms with van der Waals surface area (Å²) in [6.07, 6.45) is -0.774. The zero-order valence-corrected chi connectivity index (χ0v) is 13.3. The summed E-state index contributed by atoms with van der Waals surface area (Å²) in [5.41, 5.74) is 0.557. The van der Waals surface area contributed by atoms with E-state index < -0.39 is 18.1 Å². The highest BCUT2D eigenvalue weighted by Gasteiger charge is 2.15. The van der Waals surface area contributed by atoms with E-state index in [1.165, 1.54) is 37.3 Å². The Morgan fingerprint density at radius 2 is 2.14 bits per heavy atom. The molecule has 0 aliphatic heterocycles. The minimum Gasteiger partial charge on any atom is -0.478 e. The molecule has 0 fully saturated rings. The average Bonchev–Trinajstić information content (AvgIpc) is 2.40. The molecule has 116 valence electrons. The molecule has 2 amide bonds. The summed E-state index contributed by atoms with van der Waals surface area (Å²) in [5, 5.41) is 21.0. The topological polar surface area (TPSA) is 99.1 Å². The van der Waals surface area contributed by atoms with Crippen molar-refractivity contribution < 1.29 is 24.5 Å². The van der Waals surface area contributed by atoms with Gasteiger partial charge in [0.05, 0.1) is 30.5 Å². The van der Waals surface area contributed by atoms with Gasteiger partial charge < -0.3 is 25.2 Å². The minimum atomic E-state index is -1.05. The highest BCUT2D eigenvalue weighted by Crippen LogP contribution is 2.24. The lowest BCUT2D eigenvalue weighted by Gasteiger charge is -2.21. The number of aliphatic hydroxyl groups excluding tert-OH is 1. The van der Waals surface area contributed by atoms with Crippen LogP contribution in [-0.4, -0.2) is 60.5 Å². The van der Waals surface area contributed by atoms with E-state index in [0.29, 0.717) is 10.2 Å². The molecule has 0 saturated heterocycles. The number of rotatable bonds is 6. The number of methoxy groups -OCH3 is 1. The molecule has 0 saturated carbocycles. The Morgan fingerprint density at radius 1 is 1.48 bits per heavy atom. The lowest BCUT2D eigenvalue weighted by atomic mass is 10.2. The van der Waals surface area contributed by atoms with E-state index >= 15 is 0 Å². The van der Waals surface area contributed by atoms with Gasteiger partial charge in [-0.1, -0.05) is 0 Å². The van der Waals surface area contributed by atoms with Gasteiger partial charge in [0.1, 0.15) is 0 Å². The molecule has 0 radical (unpaired) electrons. The molecule has 0 spiro atoms. The highest BCUT2D eigenvalue weighted by atomic mass is 79.9. The van der Waals surface area contributed by atoms with E-state index in [-0.39, 0.29) is 18.7 Å². The smallest absolute Gasteiger partial charge is 0.335 e. The third kappa shape index (κ3) is 5.33. The standard InChI is InChI=1S/C13H17BrN2O5/c1-16(6-9(17)7-21-2)13(20)15-11-4-3-8(12(18)19)5-10(11)14/h3-5,9,17H,6-7H2,1-2H3,(H,15,20)(H,18,19). The molecule has 1 aromatic carbocycles. The Bertz CT molecular complexity index is 523. The van der Waals surface area contributed by atoms with Crippen molar-refractivity contribution in [2.75, 3.05) is 32.6 Å². The van der Waals surface area contributed by atoms with Gasteiger partial charge in [-0.25, -0.2) is 9.59 Å². The number of carbonyl (C=O) groups is 2. The Labute approximate surface area is 130 Å².